The van der Waals surface area contributed by atoms with Gasteiger partial charge < -0.3 is 25.2 Å². The molecule has 38 heavy (non-hydrogen) atoms. The van der Waals surface area contributed by atoms with Gasteiger partial charge in [-0.05, 0) is 116 Å². The summed E-state index contributed by atoms with van der Waals surface area (Å²) in [7, 11) is 1.49. The molecule has 0 aromatic rings. The molecule has 5 aliphatic carbocycles. The zero-order valence-corrected chi connectivity index (χ0v) is 24.8. The van der Waals surface area contributed by atoms with E-state index in [9.17, 15) is 15.0 Å². The number of methoxy groups -OCH3 is 1. The van der Waals surface area contributed by atoms with Gasteiger partial charge in [-0.1, -0.05) is 27.7 Å². The van der Waals surface area contributed by atoms with Crippen molar-refractivity contribution in [1.82, 2.24) is 0 Å². The van der Waals surface area contributed by atoms with Crippen molar-refractivity contribution in [1.29, 1.82) is 0 Å². The molecular formula is C32H56O6. The first-order valence-corrected chi connectivity index (χ1v) is 15.7. The molecule has 0 bridgehead atoms. The average Bonchev–Trinajstić information content (AvgIpc) is 3.22. The summed E-state index contributed by atoms with van der Waals surface area (Å²) >= 11 is 0. The Labute approximate surface area is 230 Å². The predicted octanol–water partition coefficient (Wildman–Crippen LogP) is 5.79. The van der Waals surface area contributed by atoms with Crippen molar-refractivity contribution in [2.45, 2.75) is 136 Å². The molecule has 4 N–H and O–H groups in total. The second-order valence-electron chi connectivity index (χ2n) is 14.8. The molecular weight excluding hydrogens is 480 g/mol. The largest absolute Gasteiger partial charge is 0.469 e. The Morgan fingerprint density at radius 1 is 0.816 bits per heavy atom. The zero-order chi connectivity index (χ0) is 27.9. The lowest BCUT2D eigenvalue weighted by Crippen LogP contribution is -2.56. The van der Waals surface area contributed by atoms with Crippen LogP contribution in [0.4, 0.5) is 0 Å². The lowest BCUT2D eigenvalue weighted by Gasteiger charge is -2.61. The van der Waals surface area contributed by atoms with Gasteiger partial charge in [-0.3, -0.25) is 4.79 Å². The number of hydrogen-bond acceptors (Lipinski definition) is 6. The van der Waals surface area contributed by atoms with Gasteiger partial charge in [0.1, 0.15) is 0 Å². The third-order valence-corrected chi connectivity index (χ3v) is 12.6. The van der Waals surface area contributed by atoms with Gasteiger partial charge in [-0.25, -0.2) is 0 Å². The summed E-state index contributed by atoms with van der Waals surface area (Å²) in [6.07, 6.45) is 14.3. The van der Waals surface area contributed by atoms with Crippen molar-refractivity contribution in [2.24, 2.45) is 52.3 Å². The summed E-state index contributed by atoms with van der Waals surface area (Å²) in [5.41, 5.74) is 0.695. The van der Waals surface area contributed by atoms with E-state index >= 15 is 0 Å². The molecule has 0 spiro atoms. The molecule has 0 saturated heterocycles. The highest BCUT2D eigenvalue weighted by Gasteiger charge is 2.61. The van der Waals surface area contributed by atoms with Crippen LogP contribution in [-0.2, 0) is 9.53 Å². The fourth-order valence-corrected chi connectivity index (χ4v) is 10.1. The molecule has 0 amide bonds. The van der Waals surface area contributed by atoms with Crippen LogP contribution in [0.25, 0.3) is 0 Å². The van der Waals surface area contributed by atoms with E-state index in [2.05, 4.69) is 27.7 Å². The van der Waals surface area contributed by atoms with Gasteiger partial charge in [0.25, 0.3) is 0 Å². The number of aliphatic hydroxyl groups is 4. The fourth-order valence-electron chi connectivity index (χ4n) is 10.1. The van der Waals surface area contributed by atoms with E-state index in [4.69, 9.17) is 14.9 Å². The quantitative estimate of drug-likeness (QED) is 0.267. The first-order chi connectivity index (χ1) is 17.7. The van der Waals surface area contributed by atoms with E-state index in [1.807, 2.05) is 0 Å². The minimum absolute atomic E-state index is 0.0763. The summed E-state index contributed by atoms with van der Waals surface area (Å²) < 4.78 is 4.87. The van der Waals surface area contributed by atoms with E-state index < -0.39 is 11.6 Å². The summed E-state index contributed by atoms with van der Waals surface area (Å²) in [5.74, 6) is 1.94. The summed E-state index contributed by atoms with van der Waals surface area (Å²) in [6.45, 7) is 9.53. The van der Waals surface area contributed by atoms with Crippen LogP contribution in [0, 0.1) is 52.3 Å². The van der Waals surface area contributed by atoms with Crippen molar-refractivity contribution in [2.75, 3.05) is 7.11 Å². The maximum absolute atomic E-state index is 11.6. The molecule has 0 heterocycles. The Bertz CT molecular complexity index is 815. The molecule has 220 valence electrons. The van der Waals surface area contributed by atoms with Gasteiger partial charge in [-0.2, -0.15) is 0 Å². The lowest BCUT2D eigenvalue weighted by molar-refractivity contribution is -0.233. The second-order valence-corrected chi connectivity index (χ2v) is 14.8. The van der Waals surface area contributed by atoms with Gasteiger partial charge >= 0.3 is 5.97 Å². The van der Waals surface area contributed by atoms with Crippen LogP contribution in [0.1, 0.15) is 124 Å². The smallest absolute Gasteiger partial charge is 0.305 e. The SMILES string of the molecule is CC1CCC(O)(O)CC1.COC(=O)CCC(C)C1CCC2C3CCC4CC(O)(O)CCC4(C)C3CCC12C. The van der Waals surface area contributed by atoms with Gasteiger partial charge in [-0.15, -0.1) is 0 Å². The molecule has 0 aromatic carbocycles. The molecule has 5 aliphatic rings. The second kappa shape index (κ2) is 11.3. The van der Waals surface area contributed by atoms with Crippen LogP contribution < -0.4 is 0 Å². The molecule has 8 atom stereocenters. The number of esters is 1. The molecule has 0 aliphatic heterocycles. The van der Waals surface area contributed by atoms with Gasteiger partial charge in [0.05, 0.1) is 7.11 Å². The molecule has 0 radical (unpaired) electrons. The highest BCUT2D eigenvalue weighted by atomic mass is 16.5. The molecule has 6 nitrogen and oxygen atoms in total. The van der Waals surface area contributed by atoms with Crippen molar-refractivity contribution in [3.05, 3.63) is 0 Å². The van der Waals surface area contributed by atoms with Crippen LogP contribution in [-0.4, -0.2) is 45.1 Å². The topological polar surface area (TPSA) is 107 Å². The van der Waals surface area contributed by atoms with Gasteiger partial charge in [0.2, 0.25) is 0 Å². The zero-order valence-electron chi connectivity index (χ0n) is 24.8. The average molecular weight is 537 g/mol. The number of ether oxygens (including phenoxy) is 1. The van der Waals surface area contributed by atoms with Crippen LogP contribution >= 0.6 is 0 Å². The third kappa shape index (κ3) is 6.14. The van der Waals surface area contributed by atoms with Crippen LogP contribution in [0.3, 0.4) is 0 Å². The van der Waals surface area contributed by atoms with Gasteiger partial charge in [0.15, 0.2) is 11.6 Å². The van der Waals surface area contributed by atoms with E-state index in [1.54, 1.807) is 0 Å². The summed E-state index contributed by atoms with van der Waals surface area (Å²) in [4.78, 5) is 11.6. The highest BCUT2D eigenvalue weighted by molar-refractivity contribution is 5.69. The lowest BCUT2D eigenvalue weighted by atomic mass is 9.44. The van der Waals surface area contributed by atoms with E-state index in [-0.39, 0.29) is 11.4 Å². The Morgan fingerprint density at radius 2 is 1.47 bits per heavy atom. The number of fused-ring (bicyclic) bond motifs is 5. The molecule has 8 unspecified atom stereocenters. The van der Waals surface area contributed by atoms with Crippen molar-refractivity contribution in [3.63, 3.8) is 0 Å². The van der Waals surface area contributed by atoms with E-state index in [0.29, 0.717) is 55.3 Å². The summed E-state index contributed by atoms with van der Waals surface area (Å²) in [6, 6.07) is 0. The van der Waals surface area contributed by atoms with Crippen molar-refractivity contribution in [3.8, 4) is 0 Å². The minimum atomic E-state index is -1.44. The van der Waals surface area contributed by atoms with Gasteiger partial charge in [0, 0.05) is 32.1 Å². The minimum Gasteiger partial charge on any atom is -0.469 e. The normalized spacial score (nSPS) is 42.5. The summed E-state index contributed by atoms with van der Waals surface area (Å²) in [5, 5.41) is 38.6. The fraction of sp³-hybridized carbons (Fsp3) is 0.969. The molecule has 5 rings (SSSR count). The maximum atomic E-state index is 11.6. The highest BCUT2D eigenvalue weighted by Crippen LogP contribution is 2.68. The molecule has 5 fully saturated rings. The van der Waals surface area contributed by atoms with E-state index in [0.717, 1.165) is 55.8 Å². The first kappa shape index (κ1) is 30.3. The molecule has 0 aromatic heterocycles. The van der Waals surface area contributed by atoms with E-state index in [1.165, 1.54) is 39.2 Å². The van der Waals surface area contributed by atoms with Crippen molar-refractivity contribution < 1.29 is 30.0 Å². The maximum Gasteiger partial charge on any atom is 0.305 e. The first-order valence-electron chi connectivity index (χ1n) is 15.7. The monoisotopic (exact) mass is 536 g/mol. The number of carbonyl (C=O) groups excluding carboxylic acids is 1. The predicted molar refractivity (Wildman–Crippen MR) is 148 cm³/mol. The number of hydrogen-bond donors (Lipinski definition) is 4. The Kier molecular flexibility index (Phi) is 9.00. The molecule has 5 saturated carbocycles. The van der Waals surface area contributed by atoms with Crippen molar-refractivity contribution >= 4 is 5.97 Å². The molecule has 6 heteroatoms. The Balaban J connectivity index is 0.000000317. The van der Waals surface area contributed by atoms with Crippen LogP contribution in [0.5, 0.6) is 0 Å². The Hall–Kier alpha value is -0.690. The third-order valence-electron chi connectivity index (χ3n) is 12.6. The number of carbonyl (C=O) groups is 1. The number of rotatable bonds is 4. The van der Waals surface area contributed by atoms with Crippen LogP contribution in [0.15, 0.2) is 0 Å². The standard InChI is InChI=1S/C25H42O4.C7H14O2/c1-16(5-10-22(26)29-4)19-8-9-20-18-7-6-17-15-25(27,28)14-13-23(17,2)21(18)11-12-24(19,20)3;1-6-2-4-7(8,9)5-3-6/h16-21,27-28H,5-15H2,1-4H3;6,8-9H,2-5H2,1H3. The Morgan fingerprint density at radius 3 is 2.11 bits per heavy atom. The van der Waals surface area contributed by atoms with Crippen LogP contribution in [0.2, 0.25) is 0 Å².